The molecule has 0 radical (unpaired) electrons. The molecule has 2 N–H and O–H groups in total. The first-order valence-electron chi connectivity index (χ1n) is 8.83. The van der Waals surface area contributed by atoms with E-state index in [1.165, 1.54) is 7.11 Å². The third kappa shape index (κ3) is 3.47. The van der Waals surface area contributed by atoms with Gasteiger partial charge < -0.3 is 24.6 Å². The second-order valence-electron chi connectivity index (χ2n) is 6.20. The summed E-state index contributed by atoms with van der Waals surface area (Å²) < 4.78 is 17.6. The van der Waals surface area contributed by atoms with Gasteiger partial charge in [0.1, 0.15) is 5.65 Å². The van der Waals surface area contributed by atoms with Gasteiger partial charge in [0.2, 0.25) is 5.95 Å². The molecule has 0 spiro atoms. The van der Waals surface area contributed by atoms with Crippen LogP contribution >= 0.6 is 0 Å². The first kappa shape index (κ1) is 18.4. The van der Waals surface area contributed by atoms with Gasteiger partial charge in [-0.3, -0.25) is 4.40 Å². The molecular weight excluding hydrogens is 372 g/mol. The summed E-state index contributed by atoms with van der Waals surface area (Å²) >= 11 is 0. The fourth-order valence-corrected chi connectivity index (χ4v) is 3.05. The van der Waals surface area contributed by atoms with Gasteiger partial charge in [0.05, 0.1) is 27.0 Å². The van der Waals surface area contributed by atoms with Crippen LogP contribution in [0.3, 0.4) is 0 Å². The Kier molecular flexibility index (Phi) is 4.82. The molecule has 8 heteroatoms. The number of nitrogens with one attached hydrogen (secondary N) is 1. The van der Waals surface area contributed by atoms with Crippen molar-refractivity contribution in [1.82, 2.24) is 14.4 Å². The van der Waals surface area contributed by atoms with E-state index in [2.05, 4.69) is 10.3 Å². The number of phenols is 1. The number of nitrogens with zero attached hydrogens (tertiary/aromatic N) is 3. The lowest BCUT2D eigenvalue weighted by molar-refractivity contribution is 0.355. The largest absolute Gasteiger partial charge is 0.504 e. The second kappa shape index (κ2) is 7.59. The molecule has 4 aromatic rings. The summed E-state index contributed by atoms with van der Waals surface area (Å²) in [5, 5.41) is 13.3. The Hall–Kier alpha value is -3.94. The molecule has 0 amide bonds. The smallest absolute Gasteiger partial charge is 0.213 e. The Labute approximate surface area is 167 Å². The summed E-state index contributed by atoms with van der Waals surface area (Å²) in [7, 11) is 4.69. The second-order valence-corrected chi connectivity index (χ2v) is 6.20. The zero-order valence-corrected chi connectivity index (χ0v) is 16.2. The van der Waals surface area contributed by atoms with Gasteiger partial charge in [0.25, 0.3) is 0 Å². The number of phenolic OH excluding ortho intramolecular Hbond substituents is 1. The number of aromatic hydroxyl groups is 1. The Morgan fingerprint density at radius 3 is 2.38 bits per heavy atom. The maximum atomic E-state index is 10.1. The molecule has 0 bridgehead atoms. The van der Waals surface area contributed by atoms with E-state index in [-0.39, 0.29) is 5.75 Å². The number of fused-ring (bicyclic) bond motifs is 1. The van der Waals surface area contributed by atoms with Gasteiger partial charge in [0.15, 0.2) is 23.0 Å². The van der Waals surface area contributed by atoms with Gasteiger partial charge in [-0.15, -0.1) is 0 Å². The van der Waals surface area contributed by atoms with Crippen molar-refractivity contribution in [2.24, 2.45) is 0 Å². The average Bonchev–Trinajstić information content (AvgIpc) is 3.22. The SMILES string of the molecule is COc1ccc(Nc2nc(-c3ccc(OC)c(OC)c3)cc3nccn23)cc1O. The van der Waals surface area contributed by atoms with Crippen molar-refractivity contribution < 1.29 is 19.3 Å². The van der Waals surface area contributed by atoms with Crippen molar-refractivity contribution in [3.05, 3.63) is 54.9 Å². The molecule has 0 saturated carbocycles. The first-order valence-corrected chi connectivity index (χ1v) is 8.83. The van der Waals surface area contributed by atoms with Crippen molar-refractivity contribution in [3.63, 3.8) is 0 Å². The maximum Gasteiger partial charge on any atom is 0.213 e. The molecule has 0 unspecified atom stereocenters. The number of aromatic nitrogens is 3. The van der Waals surface area contributed by atoms with E-state index < -0.39 is 0 Å². The van der Waals surface area contributed by atoms with E-state index in [1.54, 1.807) is 38.6 Å². The van der Waals surface area contributed by atoms with Gasteiger partial charge >= 0.3 is 0 Å². The minimum atomic E-state index is 0.0374. The predicted molar refractivity (Wildman–Crippen MR) is 109 cm³/mol. The minimum absolute atomic E-state index is 0.0374. The lowest BCUT2D eigenvalue weighted by Crippen LogP contribution is -2.03. The van der Waals surface area contributed by atoms with Crippen LogP contribution in [0, 0.1) is 0 Å². The number of ether oxygens (including phenoxy) is 3. The van der Waals surface area contributed by atoms with Crippen LogP contribution < -0.4 is 19.5 Å². The van der Waals surface area contributed by atoms with E-state index in [4.69, 9.17) is 19.2 Å². The topological polar surface area (TPSA) is 90.1 Å². The third-order valence-corrected chi connectivity index (χ3v) is 4.50. The highest BCUT2D eigenvalue weighted by molar-refractivity contribution is 5.70. The van der Waals surface area contributed by atoms with Crippen molar-refractivity contribution in [3.8, 4) is 34.3 Å². The zero-order chi connectivity index (χ0) is 20.4. The van der Waals surface area contributed by atoms with E-state index in [0.29, 0.717) is 34.6 Å². The number of anilines is 2. The van der Waals surface area contributed by atoms with Crippen LogP contribution in [-0.2, 0) is 0 Å². The number of methoxy groups -OCH3 is 3. The molecule has 0 aliphatic carbocycles. The standard InChI is InChI=1S/C21H20N4O4/c1-27-17-7-5-14(11-16(17)26)23-21-24-15(12-20-22-8-9-25(20)21)13-4-6-18(28-2)19(10-13)29-3/h4-12,26H,1-3H3,(H,23,24). The normalized spacial score (nSPS) is 10.7. The van der Waals surface area contributed by atoms with Gasteiger partial charge in [0, 0.05) is 35.8 Å². The molecule has 0 atom stereocenters. The van der Waals surface area contributed by atoms with Crippen molar-refractivity contribution >= 4 is 17.3 Å². The van der Waals surface area contributed by atoms with Gasteiger partial charge in [-0.05, 0) is 30.3 Å². The van der Waals surface area contributed by atoms with Crippen LogP contribution in [0.5, 0.6) is 23.0 Å². The van der Waals surface area contributed by atoms with Crippen LogP contribution in [0.2, 0.25) is 0 Å². The summed E-state index contributed by atoms with van der Waals surface area (Å²) in [5.41, 5.74) is 2.96. The summed E-state index contributed by atoms with van der Waals surface area (Å²) in [6, 6.07) is 12.5. The molecule has 0 aliphatic rings. The number of hydrogen-bond donors (Lipinski definition) is 2. The number of benzene rings is 2. The van der Waals surface area contributed by atoms with Crippen LogP contribution in [0.25, 0.3) is 16.9 Å². The molecule has 0 saturated heterocycles. The Balaban J connectivity index is 1.77. The van der Waals surface area contributed by atoms with Gasteiger partial charge in [-0.25, -0.2) is 9.97 Å². The molecule has 2 aromatic heterocycles. The molecule has 2 aromatic carbocycles. The molecule has 8 nitrogen and oxygen atoms in total. The number of rotatable bonds is 6. The Morgan fingerprint density at radius 1 is 0.897 bits per heavy atom. The molecule has 4 rings (SSSR count). The molecule has 0 fully saturated rings. The molecule has 148 valence electrons. The number of hydrogen-bond acceptors (Lipinski definition) is 7. The summed E-state index contributed by atoms with van der Waals surface area (Å²) in [6.07, 6.45) is 3.51. The fourth-order valence-electron chi connectivity index (χ4n) is 3.05. The molecule has 2 heterocycles. The van der Waals surface area contributed by atoms with Gasteiger partial charge in [-0.2, -0.15) is 0 Å². The zero-order valence-electron chi connectivity index (χ0n) is 16.2. The van der Waals surface area contributed by atoms with Crippen LogP contribution in [0.1, 0.15) is 0 Å². The van der Waals surface area contributed by atoms with Crippen molar-refractivity contribution in [2.75, 3.05) is 26.6 Å². The highest BCUT2D eigenvalue weighted by Crippen LogP contribution is 2.33. The Bertz CT molecular complexity index is 1170. The Morgan fingerprint density at radius 2 is 1.66 bits per heavy atom. The minimum Gasteiger partial charge on any atom is -0.504 e. The highest BCUT2D eigenvalue weighted by atomic mass is 16.5. The number of imidazole rings is 1. The monoisotopic (exact) mass is 392 g/mol. The van der Waals surface area contributed by atoms with E-state index in [1.807, 2.05) is 34.9 Å². The fraction of sp³-hybridized carbons (Fsp3) is 0.143. The quantitative estimate of drug-likeness (QED) is 0.515. The average molecular weight is 392 g/mol. The van der Waals surface area contributed by atoms with E-state index >= 15 is 0 Å². The summed E-state index contributed by atoms with van der Waals surface area (Å²) in [4.78, 5) is 9.13. The van der Waals surface area contributed by atoms with Crippen LogP contribution in [-0.4, -0.2) is 40.8 Å². The van der Waals surface area contributed by atoms with Crippen LogP contribution in [0.15, 0.2) is 54.9 Å². The van der Waals surface area contributed by atoms with Crippen molar-refractivity contribution in [2.45, 2.75) is 0 Å². The van der Waals surface area contributed by atoms with E-state index in [0.717, 1.165) is 11.2 Å². The highest BCUT2D eigenvalue weighted by Gasteiger charge is 2.12. The van der Waals surface area contributed by atoms with Crippen LogP contribution in [0.4, 0.5) is 11.6 Å². The van der Waals surface area contributed by atoms with Crippen molar-refractivity contribution in [1.29, 1.82) is 0 Å². The maximum absolute atomic E-state index is 10.1. The molecular formula is C21H20N4O4. The lowest BCUT2D eigenvalue weighted by Gasteiger charge is -2.13. The lowest BCUT2D eigenvalue weighted by atomic mass is 10.1. The first-order chi connectivity index (χ1) is 14.1. The van der Waals surface area contributed by atoms with Gasteiger partial charge in [-0.1, -0.05) is 0 Å². The predicted octanol–water partition coefficient (Wildman–Crippen LogP) is 3.87. The summed E-state index contributed by atoms with van der Waals surface area (Å²) in [6.45, 7) is 0. The van der Waals surface area contributed by atoms with E-state index in [9.17, 15) is 5.11 Å². The molecule has 0 aliphatic heterocycles. The summed E-state index contributed by atoms with van der Waals surface area (Å²) in [5.74, 6) is 2.25. The molecule has 29 heavy (non-hydrogen) atoms. The third-order valence-electron chi connectivity index (χ3n) is 4.50.